The van der Waals surface area contributed by atoms with Crippen LogP contribution < -0.4 is 18.9 Å². The first kappa shape index (κ1) is 23.7. The summed E-state index contributed by atoms with van der Waals surface area (Å²) < 4.78 is 21.7. The molecule has 0 aliphatic carbocycles. The van der Waals surface area contributed by atoms with Crippen molar-refractivity contribution in [3.8, 4) is 23.0 Å². The van der Waals surface area contributed by atoms with Crippen molar-refractivity contribution in [2.45, 2.75) is 26.3 Å². The molecule has 1 saturated heterocycles. The predicted octanol–water partition coefficient (Wildman–Crippen LogP) is 3.39. The van der Waals surface area contributed by atoms with Gasteiger partial charge in [0.2, 0.25) is 11.7 Å². The number of hydrogen-bond acceptors (Lipinski definition) is 6. The van der Waals surface area contributed by atoms with Crippen LogP contribution in [0.15, 0.2) is 36.4 Å². The van der Waals surface area contributed by atoms with Crippen LogP contribution in [0.25, 0.3) is 0 Å². The molecule has 1 amide bonds. The monoisotopic (exact) mass is 442 g/mol. The van der Waals surface area contributed by atoms with Crippen molar-refractivity contribution in [3.05, 3.63) is 47.5 Å². The molecule has 0 saturated carbocycles. The normalized spacial score (nSPS) is 14.2. The maximum absolute atomic E-state index is 12.8. The molecule has 0 N–H and O–H groups in total. The smallest absolute Gasteiger partial charge is 0.222 e. The molecule has 7 nitrogen and oxygen atoms in total. The third-order valence-electron chi connectivity index (χ3n) is 5.72. The summed E-state index contributed by atoms with van der Waals surface area (Å²) >= 11 is 0. The summed E-state index contributed by atoms with van der Waals surface area (Å²) in [5.74, 6) is 2.86. The van der Waals surface area contributed by atoms with Gasteiger partial charge in [-0.15, -0.1) is 0 Å². The SMILES string of the molecule is CCOc1ccc(CN2CCN(C(=O)CCc3cc(OC)c(OC)c(OC)c3)CC2)cc1. The van der Waals surface area contributed by atoms with Gasteiger partial charge in [0.25, 0.3) is 0 Å². The summed E-state index contributed by atoms with van der Waals surface area (Å²) in [6, 6.07) is 12.1. The molecule has 0 radical (unpaired) electrons. The van der Waals surface area contributed by atoms with Crippen LogP contribution in [0, 0.1) is 0 Å². The summed E-state index contributed by atoms with van der Waals surface area (Å²) in [4.78, 5) is 17.1. The number of nitrogens with zero attached hydrogens (tertiary/aromatic N) is 2. The molecule has 0 aromatic heterocycles. The lowest BCUT2D eigenvalue weighted by Gasteiger charge is -2.35. The fourth-order valence-corrected chi connectivity index (χ4v) is 3.96. The molecule has 1 heterocycles. The molecule has 1 aliphatic rings. The fourth-order valence-electron chi connectivity index (χ4n) is 3.96. The Bertz CT molecular complexity index is 851. The van der Waals surface area contributed by atoms with Crippen molar-refractivity contribution in [1.29, 1.82) is 0 Å². The first-order valence-corrected chi connectivity index (χ1v) is 11.1. The number of carbonyl (C=O) groups excluding carboxylic acids is 1. The van der Waals surface area contributed by atoms with Crippen molar-refractivity contribution in [3.63, 3.8) is 0 Å². The van der Waals surface area contributed by atoms with Gasteiger partial charge >= 0.3 is 0 Å². The third-order valence-corrected chi connectivity index (χ3v) is 5.72. The van der Waals surface area contributed by atoms with Gasteiger partial charge in [0.05, 0.1) is 27.9 Å². The van der Waals surface area contributed by atoms with Crippen molar-refractivity contribution < 1.29 is 23.7 Å². The number of piperazine rings is 1. The molecule has 3 rings (SSSR count). The molecule has 1 aliphatic heterocycles. The second-order valence-electron chi connectivity index (χ2n) is 7.77. The molecule has 174 valence electrons. The van der Waals surface area contributed by atoms with E-state index in [2.05, 4.69) is 17.0 Å². The standard InChI is InChI=1S/C25H34N2O5/c1-5-32-21-9-6-19(7-10-21)18-26-12-14-27(15-13-26)24(28)11-8-20-16-22(29-2)25(31-4)23(17-20)30-3/h6-7,9-10,16-17H,5,8,11-15,18H2,1-4H3. The van der Waals surface area contributed by atoms with Gasteiger partial charge in [-0.2, -0.15) is 0 Å². The minimum atomic E-state index is 0.180. The number of methoxy groups -OCH3 is 3. The van der Waals surface area contributed by atoms with Crippen LogP contribution in [0.4, 0.5) is 0 Å². The van der Waals surface area contributed by atoms with Crippen LogP contribution in [-0.2, 0) is 17.8 Å². The Labute approximate surface area is 190 Å². The lowest BCUT2D eigenvalue weighted by Crippen LogP contribution is -2.48. The number of amides is 1. The van der Waals surface area contributed by atoms with Gasteiger partial charge in [-0.1, -0.05) is 12.1 Å². The number of ether oxygens (including phenoxy) is 4. The molecule has 0 atom stereocenters. The minimum absolute atomic E-state index is 0.180. The summed E-state index contributed by atoms with van der Waals surface area (Å²) in [7, 11) is 4.78. The summed E-state index contributed by atoms with van der Waals surface area (Å²) in [5.41, 5.74) is 2.25. The number of hydrogen-bond donors (Lipinski definition) is 0. The molecule has 7 heteroatoms. The lowest BCUT2D eigenvalue weighted by atomic mass is 10.1. The second kappa shape index (κ2) is 11.6. The average Bonchev–Trinajstić information content (AvgIpc) is 2.83. The number of benzene rings is 2. The summed E-state index contributed by atoms with van der Waals surface area (Å²) in [6.07, 6.45) is 1.08. The summed E-state index contributed by atoms with van der Waals surface area (Å²) in [5, 5.41) is 0. The van der Waals surface area contributed by atoms with E-state index in [4.69, 9.17) is 18.9 Å². The van der Waals surface area contributed by atoms with Crippen molar-refractivity contribution in [1.82, 2.24) is 9.80 Å². The third kappa shape index (κ3) is 6.07. The zero-order chi connectivity index (χ0) is 22.9. The average molecular weight is 443 g/mol. The lowest BCUT2D eigenvalue weighted by molar-refractivity contribution is -0.133. The molecule has 2 aromatic rings. The fraction of sp³-hybridized carbons (Fsp3) is 0.480. The van der Waals surface area contributed by atoms with Crippen LogP contribution in [0.3, 0.4) is 0 Å². The molecule has 0 spiro atoms. The van der Waals surface area contributed by atoms with E-state index in [0.717, 1.165) is 44.0 Å². The van der Waals surface area contributed by atoms with E-state index in [0.29, 0.717) is 36.7 Å². The highest BCUT2D eigenvalue weighted by molar-refractivity contribution is 5.76. The van der Waals surface area contributed by atoms with Gasteiger partial charge in [0.1, 0.15) is 5.75 Å². The molecule has 0 unspecified atom stereocenters. The van der Waals surface area contributed by atoms with Crippen LogP contribution >= 0.6 is 0 Å². The Morgan fingerprint density at radius 1 is 0.875 bits per heavy atom. The number of aryl methyl sites for hydroxylation is 1. The zero-order valence-corrected chi connectivity index (χ0v) is 19.6. The van der Waals surface area contributed by atoms with Crippen LogP contribution in [0.1, 0.15) is 24.5 Å². The quantitative estimate of drug-likeness (QED) is 0.562. The summed E-state index contributed by atoms with van der Waals surface area (Å²) in [6.45, 7) is 6.82. The maximum atomic E-state index is 12.8. The van der Waals surface area contributed by atoms with Gasteiger partial charge in [-0.3, -0.25) is 9.69 Å². The van der Waals surface area contributed by atoms with Gasteiger partial charge in [0.15, 0.2) is 11.5 Å². The van der Waals surface area contributed by atoms with Crippen molar-refractivity contribution in [2.24, 2.45) is 0 Å². The van der Waals surface area contributed by atoms with Gasteiger partial charge < -0.3 is 23.8 Å². The molecule has 0 bridgehead atoms. The number of rotatable bonds is 10. The zero-order valence-electron chi connectivity index (χ0n) is 19.6. The predicted molar refractivity (Wildman–Crippen MR) is 124 cm³/mol. The topological polar surface area (TPSA) is 60.5 Å². The minimum Gasteiger partial charge on any atom is -0.494 e. The van der Waals surface area contributed by atoms with Crippen molar-refractivity contribution in [2.75, 3.05) is 54.1 Å². The number of carbonyl (C=O) groups is 1. The Hall–Kier alpha value is -2.93. The Morgan fingerprint density at radius 2 is 1.50 bits per heavy atom. The first-order valence-electron chi connectivity index (χ1n) is 11.1. The van der Waals surface area contributed by atoms with Crippen molar-refractivity contribution >= 4 is 5.91 Å². The van der Waals surface area contributed by atoms with E-state index in [1.165, 1.54) is 5.56 Å². The largest absolute Gasteiger partial charge is 0.494 e. The van der Waals surface area contributed by atoms with Crippen LogP contribution in [0.5, 0.6) is 23.0 Å². The molecular weight excluding hydrogens is 408 g/mol. The van der Waals surface area contributed by atoms with E-state index in [9.17, 15) is 4.79 Å². The highest BCUT2D eigenvalue weighted by Gasteiger charge is 2.21. The van der Waals surface area contributed by atoms with Gasteiger partial charge in [0, 0.05) is 39.1 Å². The first-order chi connectivity index (χ1) is 15.6. The van der Waals surface area contributed by atoms with Gasteiger partial charge in [-0.25, -0.2) is 0 Å². The highest BCUT2D eigenvalue weighted by atomic mass is 16.5. The van der Waals surface area contributed by atoms with E-state index in [1.54, 1.807) is 21.3 Å². The molecule has 32 heavy (non-hydrogen) atoms. The van der Waals surface area contributed by atoms with Crippen LogP contribution in [0.2, 0.25) is 0 Å². The molecule has 2 aromatic carbocycles. The maximum Gasteiger partial charge on any atom is 0.222 e. The highest BCUT2D eigenvalue weighted by Crippen LogP contribution is 2.38. The van der Waals surface area contributed by atoms with Gasteiger partial charge in [-0.05, 0) is 48.7 Å². The Morgan fingerprint density at radius 3 is 2.03 bits per heavy atom. The molecule has 1 fully saturated rings. The van der Waals surface area contributed by atoms with E-state index in [-0.39, 0.29) is 5.91 Å². The van der Waals surface area contributed by atoms with E-state index in [1.807, 2.05) is 36.1 Å². The Kier molecular flexibility index (Phi) is 8.62. The molecular formula is C25H34N2O5. The van der Waals surface area contributed by atoms with Crippen LogP contribution in [-0.4, -0.2) is 69.8 Å². The second-order valence-corrected chi connectivity index (χ2v) is 7.77. The Balaban J connectivity index is 1.48. The van der Waals surface area contributed by atoms with E-state index < -0.39 is 0 Å². The van der Waals surface area contributed by atoms with E-state index >= 15 is 0 Å².